The maximum absolute atomic E-state index is 11.2. The fourth-order valence-electron chi connectivity index (χ4n) is 1.77. The van der Waals surface area contributed by atoms with E-state index in [0.29, 0.717) is 6.42 Å². The lowest BCUT2D eigenvalue weighted by Crippen LogP contribution is -2.21. The maximum atomic E-state index is 11.2. The summed E-state index contributed by atoms with van der Waals surface area (Å²) in [6.45, 7) is 3.71. The topological polar surface area (TPSA) is 46.9 Å². The summed E-state index contributed by atoms with van der Waals surface area (Å²) in [5.74, 6) is 0.182. The first-order valence-electron chi connectivity index (χ1n) is 6.47. The summed E-state index contributed by atoms with van der Waals surface area (Å²) in [7, 11) is 0. The van der Waals surface area contributed by atoms with Gasteiger partial charge in [-0.25, -0.2) is 4.98 Å². The quantitative estimate of drug-likeness (QED) is 0.668. The molecule has 1 N–H and O–H groups in total. The van der Waals surface area contributed by atoms with Gasteiger partial charge in [0.05, 0.1) is 6.33 Å². The average molecular weight is 236 g/mol. The lowest BCUT2D eigenvalue weighted by molar-refractivity contribution is -0.121. The van der Waals surface area contributed by atoms with Crippen molar-refractivity contribution in [3.8, 4) is 0 Å². The third-order valence-corrected chi connectivity index (χ3v) is 2.70. The fourth-order valence-corrected chi connectivity index (χ4v) is 1.77. The molecule has 0 saturated carbocycles. The van der Waals surface area contributed by atoms with Crippen LogP contribution in [-0.4, -0.2) is 22.0 Å². The minimum Gasteiger partial charge on any atom is -0.356 e. The third kappa shape index (κ3) is 6.76. The van der Waals surface area contributed by atoms with Gasteiger partial charge in [0.2, 0.25) is 5.91 Å². The van der Waals surface area contributed by atoms with Crippen molar-refractivity contribution in [1.82, 2.24) is 14.9 Å². The zero-order chi connectivity index (χ0) is 12.3. The Hall–Kier alpha value is -1.32. The highest BCUT2D eigenvalue weighted by Crippen LogP contribution is 2.06. The van der Waals surface area contributed by atoms with Crippen molar-refractivity contribution in [1.29, 1.82) is 0 Å². The molecule has 0 aromatic carbocycles. The number of amides is 1. The normalized spacial score (nSPS) is 10.4. The molecule has 0 saturated heterocycles. The van der Waals surface area contributed by atoms with E-state index in [0.717, 1.165) is 25.9 Å². The zero-order valence-corrected chi connectivity index (χ0v) is 10.6. The van der Waals surface area contributed by atoms with Crippen LogP contribution in [0.25, 0.3) is 0 Å². The molecule has 0 bridgehead atoms. The van der Waals surface area contributed by atoms with E-state index in [2.05, 4.69) is 21.1 Å². The molecule has 0 aliphatic rings. The second-order valence-electron chi connectivity index (χ2n) is 4.21. The number of nitrogens with zero attached hydrogens (tertiary/aromatic N) is 2. The number of carbonyl (C=O) groups excluding carboxylic acids is 1. The number of unbranched alkanes of at least 4 members (excludes halogenated alkanes) is 4. The summed E-state index contributed by atoms with van der Waals surface area (Å²) in [6.07, 6.45) is 12.9. The summed E-state index contributed by atoms with van der Waals surface area (Å²) in [5, 5.41) is 2.81. The van der Waals surface area contributed by atoms with E-state index < -0.39 is 0 Å². The first kappa shape index (κ1) is 13.7. The number of rotatable bonds is 9. The van der Waals surface area contributed by atoms with E-state index >= 15 is 0 Å². The van der Waals surface area contributed by atoms with Gasteiger partial charge in [-0.05, 0) is 19.8 Å². The maximum Gasteiger partial charge on any atom is 0.219 e. The molecule has 0 atom stereocenters. The van der Waals surface area contributed by atoms with Gasteiger partial charge in [-0.2, -0.15) is 0 Å². The standard InChI is InChI=1S/C13H22N3O/c1-2-15-13(17)8-6-4-3-5-7-10-16-11-9-14-12-16/h11-12H,2-8,10H2,1H3,(H,15,17). The van der Waals surface area contributed by atoms with Crippen LogP contribution in [0.3, 0.4) is 0 Å². The Bertz CT molecular complexity index is 296. The Morgan fingerprint density at radius 2 is 2.06 bits per heavy atom. The van der Waals surface area contributed by atoms with Crippen molar-refractivity contribution in [2.75, 3.05) is 6.54 Å². The fraction of sp³-hybridized carbons (Fsp3) is 0.692. The average Bonchev–Trinajstić information content (AvgIpc) is 2.81. The predicted molar refractivity (Wildman–Crippen MR) is 67.4 cm³/mol. The van der Waals surface area contributed by atoms with Crippen LogP contribution in [0.1, 0.15) is 45.4 Å². The Morgan fingerprint density at radius 1 is 1.29 bits per heavy atom. The Morgan fingerprint density at radius 3 is 2.76 bits per heavy atom. The molecule has 0 spiro atoms. The summed E-state index contributed by atoms with van der Waals surface area (Å²) < 4.78 is 2.05. The monoisotopic (exact) mass is 236 g/mol. The van der Waals surface area contributed by atoms with Crippen LogP contribution < -0.4 is 5.32 Å². The number of nitrogens with one attached hydrogen (secondary N) is 1. The molecule has 1 radical (unpaired) electrons. The Kier molecular flexibility index (Phi) is 7.11. The number of hydrogen-bond acceptors (Lipinski definition) is 2. The third-order valence-electron chi connectivity index (χ3n) is 2.70. The van der Waals surface area contributed by atoms with Crippen LogP contribution in [0, 0.1) is 6.20 Å². The van der Waals surface area contributed by atoms with Crippen molar-refractivity contribution >= 4 is 5.91 Å². The number of aryl methyl sites for hydroxylation is 1. The molecular formula is C13H22N3O. The van der Waals surface area contributed by atoms with Crippen molar-refractivity contribution in [3.05, 3.63) is 18.7 Å². The molecule has 95 valence electrons. The smallest absolute Gasteiger partial charge is 0.219 e. The van der Waals surface area contributed by atoms with E-state index in [9.17, 15) is 4.79 Å². The van der Waals surface area contributed by atoms with Crippen molar-refractivity contribution in [3.63, 3.8) is 0 Å². The summed E-state index contributed by atoms with van der Waals surface area (Å²) in [4.78, 5) is 15.0. The van der Waals surface area contributed by atoms with E-state index in [-0.39, 0.29) is 5.91 Å². The van der Waals surface area contributed by atoms with Gasteiger partial charge < -0.3 is 9.88 Å². The molecule has 1 aromatic rings. The lowest BCUT2D eigenvalue weighted by atomic mass is 10.1. The number of imidazole rings is 1. The molecule has 0 aliphatic carbocycles. The van der Waals surface area contributed by atoms with Crippen LogP contribution in [-0.2, 0) is 11.3 Å². The van der Waals surface area contributed by atoms with Gasteiger partial charge in [0.15, 0.2) is 0 Å². The molecule has 0 fully saturated rings. The predicted octanol–water partition coefficient (Wildman–Crippen LogP) is 2.16. The van der Waals surface area contributed by atoms with Gasteiger partial charge in [-0.15, -0.1) is 0 Å². The Labute approximate surface area is 103 Å². The molecule has 1 rings (SSSR count). The van der Waals surface area contributed by atoms with E-state index in [1.165, 1.54) is 19.3 Å². The molecule has 1 amide bonds. The highest BCUT2D eigenvalue weighted by atomic mass is 16.1. The number of carbonyl (C=O) groups is 1. The minimum atomic E-state index is 0.182. The van der Waals surface area contributed by atoms with Gasteiger partial charge in [-0.3, -0.25) is 4.79 Å². The molecule has 0 unspecified atom stereocenters. The molecule has 0 aliphatic heterocycles. The van der Waals surface area contributed by atoms with E-state index in [1.54, 1.807) is 6.33 Å². The van der Waals surface area contributed by atoms with Crippen LogP contribution in [0.15, 0.2) is 12.5 Å². The second-order valence-corrected chi connectivity index (χ2v) is 4.21. The van der Waals surface area contributed by atoms with Gasteiger partial charge in [-0.1, -0.05) is 19.3 Å². The highest BCUT2D eigenvalue weighted by molar-refractivity contribution is 5.75. The SMILES string of the molecule is CCNC(=O)CCCCCCCn1c[c]nc1. The second kappa shape index (κ2) is 8.79. The molecule has 4 heteroatoms. The highest BCUT2D eigenvalue weighted by Gasteiger charge is 1.98. The summed E-state index contributed by atoms with van der Waals surface area (Å²) in [6, 6.07) is 0. The summed E-state index contributed by atoms with van der Waals surface area (Å²) in [5.41, 5.74) is 0. The van der Waals surface area contributed by atoms with Crippen molar-refractivity contribution < 1.29 is 4.79 Å². The number of hydrogen-bond donors (Lipinski definition) is 1. The molecule has 1 aromatic heterocycles. The Balaban J connectivity index is 1.86. The van der Waals surface area contributed by atoms with Crippen LogP contribution >= 0.6 is 0 Å². The molecule has 4 nitrogen and oxygen atoms in total. The van der Waals surface area contributed by atoms with Crippen LogP contribution in [0.4, 0.5) is 0 Å². The van der Waals surface area contributed by atoms with Crippen molar-refractivity contribution in [2.45, 2.75) is 52.0 Å². The van der Waals surface area contributed by atoms with E-state index in [4.69, 9.17) is 0 Å². The van der Waals surface area contributed by atoms with Crippen molar-refractivity contribution in [2.24, 2.45) is 0 Å². The number of aromatic nitrogens is 2. The van der Waals surface area contributed by atoms with Crippen LogP contribution in [0.2, 0.25) is 0 Å². The lowest BCUT2D eigenvalue weighted by Gasteiger charge is -2.03. The molecular weight excluding hydrogens is 214 g/mol. The van der Waals surface area contributed by atoms with Gasteiger partial charge in [0.25, 0.3) is 0 Å². The molecule has 17 heavy (non-hydrogen) atoms. The van der Waals surface area contributed by atoms with E-state index in [1.807, 2.05) is 13.1 Å². The minimum absolute atomic E-state index is 0.182. The van der Waals surface area contributed by atoms with Gasteiger partial charge in [0, 0.05) is 25.7 Å². The first-order chi connectivity index (χ1) is 8.33. The summed E-state index contributed by atoms with van der Waals surface area (Å²) >= 11 is 0. The largest absolute Gasteiger partial charge is 0.356 e. The molecule has 1 heterocycles. The van der Waals surface area contributed by atoms with Gasteiger partial charge in [0.1, 0.15) is 6.20 Å². The first-order valence-corrected chi connectivity index (χ1v) is 6.47. The zero-order valence-electron chi connectivity index (χ0n) is 10.6. The van der Waals surface area contributed by atoms with Crippen LogP contribution in [0.5, 0.6) is 0 Å². The van der Waals surface area contributed by atoms with Gasteiger partial charge >= 0.3 is 0 Å².